The molecule has 2 aliphatic heterocycles. The van der Waals surface area contributed by atoms with Gasteiger partial charge in [0.2, 0.25) is 5.95 Å². The van der Waals surface area contributed by atoms with Crippen LogP contribution in [0.25, 0.3) is 22.3 Å². The number of fused-ring (bicyclic) bond motifs is 4. The normalized spacial score (nSPS) is 40.4. The van der Waals surface area contributed by atoms with Crippen LogP contribution in [0.15, 0.2) is 17.4 Å². The predicted octanol–water partition coefficient (Wildman–Crippen LogP) is -1.51. The van der Waals surface area contributed by atoms with Crippen molar-refractivity contribution in [3.63, 3.8) is 0 Å². The molecule has 2 bridgehead atoms. The number of nitrogens with zero attached hydrogens (tertiary/aromatic N) is 8. The predicted molar refractivity (Wildman–Crippen MR) is 158 cm³/mol. The Balaban J connectivity index is 1.15. The molecule has 4 aromatic heterocycles. The minimum atomic E-state index is -4.96. The van der Waals surface area contributed by atoms with E-state index in [2.05, 4.69) is 35.2 Å². The monoisotopic (exact) mass is 715 g/mol. The first-order valence-electron chi connectivity index (χ1n) is 14.0. The van der Waals surface area contributed by atoms with E-state index >= 15 is 0 Å². The van der Waals surface area contributed by atoms with Gasteiger partial charge in [0.25, 0.3) is 5.56 Å². The summed E-state index contributed by atoms with van der Waals surface area (Å²) in [4.78, 5) is 53.5. The summed E-state index contributed by atoms with van der Waals surface area (Å²) in [6.45, 7) is -5.05. The van der Waals surface area contributed by atoms with Gasteiger partial charge in [-0.25, -0.2) is 19.5 Å². The molecule has 47 heavy (non-hydrogen) atoms. The number of imidazole rings is 1. The maximum atomic E-state index is 13.6. The maximum Gasteiger partial charge on any atom is 0.472 e. The van der Waals surface area contributed by atoms with E-state index in [1.807, 2.05) is 0 Å². The highest BCUT2D eigenvalue weighted by molar-refractivity contribution is 8.07. The zero-order valence-electron chi connectivity index (χ0n) is 24.0. The molecule has 0 aromatic carbocycles. The SMILES string of the molecule is COC1C2COP(O)(=S)OC3C(O)C(n4cnc5c(N)ncnc54)C4CC43COP(=O)(O)OC1C(n1nnc3c(=O)[nH]c(N)nc31)O2. The number of aromatic amines is 1. The van der Waals surface area contributed by atoms with Gasteiger partial charge in [0, 0.05) is 12.5 Å². The van der Waals surface area contributed by atoms with E-state index in [-0.39, 0.29) is 22.9 Å². The lowest BCUT2D eigenvalue weighted by Crippen LogP contribution is -2.38. The van der Waals surface area contributed by atoms with Gasteiger partial charge in [-0.05, 0) is 24.1 Å². The third-order valence-electron chi connectivity index (χ3n) is 9.08. The topological polar surface area (TPSA) is 305 Å². The molecule has 0 amide bonds. The van der Waals surface area contributed by atoms with E-state index in [4.69, 9.17) is 50.8 Å². The molecule has 8 N–H and O–H groups in total. The number of nitrogens with one attached hydrogen (secondary N) is 1. The van der Waals surface area contributed by atoms with Crippen molar-refractivity contribution in [3.8, 4) is 0 Å². The van der Waals surface area contributed by atoms with Crippen molar-refractivity contribution < 1.29 is 47.0 Å². The van der Waals surface area contributed by atoms with Crippen molar-refractivity contribution in [2.45, 2.75) is 49.2 Å². The summed E-state index contributed by atoms with van der Waals surface area (Å²) in [5, 5.41) is 19.4. The van der Waals surface area contributed by atoms with Gasteiger partial charge >= 0.3 is 14.5 Å². The van der Waals surface area contributed by atoms with Gasteiger partial charge in [0.05, 0.1) is 25.6 Å². The molecule has 22 nitrogen and oxygen atoms in total. The van der Waals surface area contributed by atoms with Crippen LogP contribution in [-0.2, 0) is 43.9 Å². The Bertz CT molecular complexity index is 2060. The Morgan fingerprint density at radius 3 is 2.77 bits per heavy atom. The Morgan fingerprint density at radius 1 is 1.17 bits per heavy atom. The first-order valence-corrected chi connectivity index (χ1v) is 18.1. The third-order valence-corrected chi connectivity index (χ3v) is 11.6. The molecule has 2 saturated heterocycles. The minimum Gasteiger partial charge on any atom is -0.388 e. The first kappa shape index (κ1) is 31.2. The molecule has 8 rings (SSSR count). The molecule has 4 aliphatic rings. The Morgan fingerprint density at radius 2 is 1.98 bits per heavy atom. The number of phosphoric ester groups is 1. The molecule has 11 unspecified atom stereocenters. The number of aliphatic hydroxyl groups is 1. The van der Waals surface area contributed by atoms with Gasteiger partial charge in [0.15, 0.2) is 28.9 Å². The zero-order valence-corrected chi connectivity index (χ0v) is 26.6. The van der Waals surface area contributed by atoms with E-state index in [0.717, 1.165) is 4.68 Å². The third kappa shape index (κ3) is 4.92. The highest BCUT2D eigenvalue weighted by Gasteiger charge is 2.74. The second-order valence-corrected chi connectivity index (χ2v) is 15.8. The number of methoxy groups -OCH3 is 1. The van der Waals surface area contributed by atoms with Gasteiger partial charge in [-0.1, -0.05) is 5.21 Å². The lowest BCUT2D eigenvalue weighted by molar-refractivity contribution is -0.0669. The number of aliphatic hydroxyl groups excluding tert-OH is 1. The summed E-state index contributed by atoms with van der Waals surface area (Å²) in [5.74, 6) is -0.516. The van der Waals surface area contributed by atoms with Gasteiger partial charge < -0.3 is 49.4 Å². The van der Waals surface area contributed by atoms with Crippen molar-refractivity contribution in [2.75, 3.05) is 31.8 Å². The number of nitrogens with two attached hydrogens (primary N) is 2. The fourth-order valence-corrected chi connectivity index (χ4v) is 9.43. The van der Waals surface area contributed by atoms with Crippen LogP contribution in [0.5, 0.6) is 0 Å². The fourth-order valence-electron chi connectivity index (χ4n) is 6.95. The first-order chi connectivity index (χ1) is 22.3. The molecule has 2 saturated carbocycles. The average molecular weight is 716 g/mol. The van der Waals surface area contributed by atoms with Crippen molar-refractivity contribution in [1.29, 1.82) is 0 Å². The number of rotatable bonds is 3. The molecule has 0 radical (unpaired) electrons. The Kier molecular flexibility index (Phi) is 7.13. The van der Waals surface area contributed by atoms with Crippen molar-refractivity contribution in [1.82, 2.24) is 44.5 Å². The smallest absolute Gasteiger partial charge is 0.388 e. The van der Waals surface area contributed by atoms with E-state index < -0.39 is 87.4 Å². The summed E-state index contributed by atoms with van der Waals surface area (Å²) < 4.78 is 50.8. The van der Waals surface area contributed by atoms with E-state index in [0.29, 0.717) is 17.6 Å². The molecular weight excluding hydrogens is 688 g/mol. The maximum absolute atomic E-state index is 13.6. The molecule has 4 aromatic rings. The highest BCUT2D eigenvalue weighted by atomic mass is 32.5. The van der Waals surface area contributed by atoms with Crippen LogP contribution in [0, 0.1) is 11.3 Å². The Labute approximate surface area is 267 Å². The number of phosphoric acid groups is 1. The summed E-state index contributed by atoms with van der Waals surface area (Å²) >= 11 is 5.36. The number of anilines is 2. The molecule has 1 spiro atoms. The van der Waals surface area contributed by atoms with Crippen LogP contribution < -0.4 is 17.0 Å². The van der Waals surface area contributed by atoms with Gasteiger partial charge in [0.1, 0.15) is 42.4 Å². The van der Waals surface area contributed by atoms with Gasteiger partial charge in [-0.3, -0.25) is 18.8 Å². The molecule has 4 fully saturated rings. The molecule has 252 valence electrons. The zero-order chi connectivity index (χ0) is 33.0. The van der Waals surface area contributed by atoms with E-state index in [1.54, 1.807) is 4.57 Å². The number of H-pyrrole nitrogens is 1. The fraction of sp³-hybridized carbons (Fsp3) is 0.591. The molecular formula is C22H27N11O11P2S. The van der Waals surface area contributed by atoms with Crippen molar-refractivity contribution in [2.24, 2.45) is 11.3 Å². The quantitative estimate of drug-likeness (QED) is 0.131. The van der Waals surface area contributed by atoms with Gasteiger partial charge in [-0.15, -0.1) is 5.10 Å². The summed E-state index contributed by atoms with van der Waals surface area (Å²) in [7, 11) is -3.67. The highest BCUT2D eigenvalue weighted by Crippen LogP contribution is 2.72. The summed E-state index contributed by atoms with van der Waals surface area (Å²) in [6.07, 6.45) is -4.53. The van der Waals surface area contributed by atoms with E-state index in [9.17, 15) is 24.3 Å². The van der Waals surface area contributed by atoms with Crippen molar-refractivity contribution >= 4 is 60.4 Å². The van der Waals surface area contributed by atoms with Crippen LogP contribution in [0.1, 0.15) is 18.7 Å². The molecule has 6 heterocycles. The number of ether oxygens (including phenoxy) is 2. The van der Waals surface area contributed by atoms with E-state index in [1.165, 1.54) is 19.8 Å². The van der Waals surface area contributed by atoms with Crippen LogP contribution in [0.3, 0.4) is 0 Å². The lowest BCUT2D eigenvalue weighted by Gasteiger charge is -2.31. The standard InChI is InChI=1S/C22H27N11O11P2S/c1-39-13-8-3-40-46(38,47)44-15-12(34)11(32-6-27-9-16(23)25-5-26-17(9)32)7-2-22(7,15)4-41-45(36,37)43-14(13)20(42-8)33-18-10(30-31-33)19(35)29-21(24)28-18/h5-8,11-15,20,34H,2-4H2,1H3,(H,36,37)(H,38,47)(H2,23,25,26)(H3,24,28,29,35). The second-order valence-electron chi connectivity index (χ2n) is 11.6. The number of nitrogen functional groups attached to an aromatic ring is 2. The lowest BCUT2D eigenvalue weighted by atomic mass is 10.0. The number of hydrogen-bond donors (Lipinski definition) is 6. The minimum absolute atomic E-state index is 0.112. The molecule has 25 heteroatoms. The van der Waals surface area contributed by atoms with Gasteiger partial charge in [-0.2, -0.15) is 9.67 Å². The summed E-state index contributed by atoms with van der Waals surface area (Å²) in [6, 6.07) is -0.727. The largest absolute Gasteiger partial charge is 0.472 e. The van der Waals surface area contributed by atoms with Crippen LogP contribution >= 0.6 is 14.5 Å². The summed E-state index contributed by atoms with van der Waals surface area (Å²) in [5.41, 5.74) is 10.3. The number of hydrogen-bond acceptors (Lipinski definition) is 18. The van der Waals surface area contributed by atoms with Crippen LogP contribution in [0.2, 0.25) is 0 Å². The Hall–Kier alpha value is -3.05. The van der Waals surface area contributed by atoms with Crippen LogP contribution in [0.4, 0.5) is 11.8 Å². The average Bonchev–Trinajstić information content (AvgIpc) is 3.30. The van der Waals surface area contributed by atoms with Crippen LogP contribution in [-0.4, -0.2) is 110 Å². The molecule has 2 aliphatic carbocycles. The second kappa shape index (κ2) is 10.7. The molecule has 11 atom stereocenters. The number of aromatic nitrogens is 9. The van der Waals surface area contributed by atoms with Crippen molar-refractivity contribution in [3.05, 3.63) is 23.0 Å².